The first-order valence-electron chi connectivity index (χ1n) is 11.5. The van der Waals surface area contributed by atoms with Crippen LogP contribution in [0.5, 0.6) is 0 Å². The Morgan fingerprint density at radius 3 is 2.13 bits per heavy atom. The fraction of sp³-hybridized carbons (Fsp3) is 0.640. The molecule has 1 atom stereocenters. The van der Waals surface area contributed by atoms with E-state index in [2.05, 4.69) is 19.1 Å². The molecule has 0 bridgehead atoms. The Bertz CT molecular complexity index is 652. The van der Waals surface area contributed by atoms with E-state index in [4.69, 9.17) is 14.2 Å². The van der Waals surface area contributed by atoms with Crippen LogP contribution in [0.15, 0.2) is 24.3 Å². The molecule has 0 saturated heterocycles. The van der Waals surface area contributed by atoms with E-state index in [0.29, 0.717) is 12.8 Å². The molecule has 6 nitrogen and oxygen atoms in total. The number of benzene rings is 1. The van der Waals surface area contributed by atoms with Gasteiger partial charge in [-0.3, -0.25) is 14.4 Å². The van der Waals surface area contributed by atoms with Crippen LogP contribution in [-0.2, 0) is 35.0 Å². The second-order valence-corrected chi connectivity index (χ2v) is 7.81. The zero-order valence-electron chi connectivity index (χ0n) is 19.3. The van der Waals surface area contributed by atoms with Gasteiger partial charge < -0.3 is 14.2 Å². The predicted octanol–water partition coefficient (Wildman–Crippen LogP) is 5.47. The highest BCUT2D eigenvalue weighted by molar-refractivity contribution is 5.70. The van der Waals surface area contributed by atoms with Gasteiger partial charge in [0.2, 0.25) is 0 Å². The molecule has 0 spiro atoms. The number of hydrogen-bond donors (Lipinski definition) is 0. The summed E-state index contributed by atoms with van der Waals surface area (Å²) in [6.07, 6.45) is 9.53. The van der Waals surface area contributed by atoms with E-state index in [1.807, 2.05) is 12.1 Å². The number of esters is 3. The minimum atomic E-state index is -0.421. The molecule has 1 aromatic carbocycles. The Morgan fingerprint density at radius 2 is 1.48 bits per heavy atom. The summed E-state index contributed by atoms with van der Waals surface area (Å²) < 4.78 is 15.3. The molecule has 0 fully saturated rings. The van der Waals surface area contributed by atoms with Crippen LogP contribution < -0.4 is 0 Å². The van der Waals surface area contributed by atoms with E-state index in [9.17, 15) is 14.4 Å². The molecule has 1 unspecified atom stereocenters. The molecule has 0 radical (unpaired) electrons. The van der Waals surface area contributed by atoms with Crippen molar-refractivity contribution in [1.29, 1.82) is 0 Å². The summed E-state index contributed by atoms with van der Waals surface area (Å²) in [5, 5.41) is 0. The number of carbonyl (C=O) groups excluding carboxylic acids is 3. The molecule has 6 heteroatoms. The Kier molecular flexibility index (Phi) is 14.1. The van der Waals surface area contributed by atoms with E-state index >= 15 is 0 Å². The summed E-state index contributed by atoms with van der Waals surface area (Å²) in [6.45, 7) is 5.17. The van der Waals surface area contributed by atoms with Crippen LogP contribution in [0, 0.1) is 0 Å². The first-order chi connectivity index (χ1) is 14.9. The van der Waals surface area contributed by atoms with Crippen LogP contribution in [0.1, 0.15) is 95.8 Å². The predicted molar refractivity (Wildman–Crippen MR) is 119 cm³/mol. The second-order valence-electron chi connectivity index (χ2n) is 7.81. The molecule has 0 aliphatic rings. The highest BCUT2D eigenvalue weighted by Crippen LogP contribution is 2.24. The third-order valence-corrected chi connectivity index (χ3v) is 4.96. The van der Waals surface area contributed by atoms with Crippen molar-refractivity contribution in [3.8, 4) is 0 Å². The molecular weight excluding hydrogens is 396 g/mol. The van der Waals surface area contributed by atoms with Crippen LogP contribution >= 0.6 is 0 Å². The highest BCUT2D eigenvalue weighted by Gasteiger charge is 2.15. The highest BCUT2D eigenvalue weighted by atomic mass is 16.6. The molecule has 0 saturated carbocycles. The lowest BCUT2D eigenvalue weighted by Gasteiger charge is -2.18. The molecule has 1 rings (SSSR count). The number of hydrogen-bond acceptors (Lipinski definition) is 6. The molecule has 174 valence electrons. The van der Waals surface area contributed by atoms with Crippen LogP contribution in [0.25, 0.3) is 0 Å². The number of ether oxygens (including phenoxy) is 3. The van der Waals surface area contributed by atoms with Gasteiger partial charge in [-0.05, 0) is 36.8 Å². The number of carbonyl (C=O) groups is 3. The van der Waals surface area contributed by atoms with E-state index < -0.39 is 11.9 Å². The minimum absolute atomic E-state index is 0.0231. The van der Waals surface area contributed by atoms with Crippen molar-refractivity contribution < 1.29 is 28.6 Å². The largest absolute Gasteiger partial charge is 0.466 e. The maximum absolute atomic E-state index is 11.6. The standard InChI is InChI=1S/C25H38O6/c1-4-5-6-7-8-9-11-22-13-15-23(16-14-22)24(31-21(3)27)12-10-18-30-25(28)17-19-29-20(2)26/h13-16,24H,4-12,17-19H2,1-3H3. The van der Waals surface area contributed by atoms with Gasteiger partial charge in [-0.15, -0.1) is 0 Å². The Morgan fingerprint density at radius 1 is 0.806 bits per heavy atom. The van der Waals surface area contributed by atoms with Crippen molar-refractivity contribution in [1.82, 2.24) is 0 Å². The third kappa shape index (κ3) is 13.5. The summed E-state index contributed by atoms with van der Waals surface area (Å²) in [7, 11) is 0. The lowest BCUT2D eigenvalue weighted by molar-refractivity contribution is -0.150. The molecule has 0 amide bonds. The quantitative estimate of drug-likeness (QED) is 0.195. The molecule has 0 aliphatic heterocycles. The molecule has 1 aromatic rings. The normalized spacial score (nSPS) is 11.6. The smallest absolute Gasteiger partial charge is 0.309 e. The van der Waals surface area contributed by atoms with Crippen molar-refractivity contribution in [3.63, 3.8) is 0 Å². The summed E-state index contributed by atoms with van der Waals surface area (Å²) in [6, 6.07) is 8.25. The topological polar surface area (TPSA) is 78.9 Å². The van der Waals surface area contributed by atoms with Gasteiger partial charge in [-0.2, -0.15) is 0 Å². The second kappa shape index (κ2) is 16.3. The first-order valence-corrected chi connectivity index (χ1v) is 11.5. The zero-order valence-corrected chi connectivity index (χ0v) is 19.3. The zero-order chi connectivity index (χ0) is 22.9. The number of aryl methyl sites for hydroxylation is 1. The average Bonchev–Trinajstić information content (AvgIpc) is 2.73. The maximum Gasteiger partial charge on any atom is 0.309 e. The fourth-order valence-corrected chi connectivity index (χ4v) is 3.31. The van der Waals surface area contributed by atoms with E-state index in [0.717, 1.165) is 12.0 Å². The van der Waals surface area contributed by atoms with Gasteiger partial charge >= 0.3 is 17.9 Å². The van der Waals surface area contributed by atoms with Crippen molar-refractivity contribution in [2.24, 2.45) is 0 Å². The van der Waals surface area contributed by atoms with E-state index in [1.165, 1.54) is 57.9 Å². The van der Waals surface area contributed by atoms with Crippen LogP contribution in [0.4, 0.5) is 0 Å². The van der Waals surface area contributed by atoms with Gasteiger partial charge in [0.1, 0.15) is 12.7 Å². The maximum atomic E-state index is 11.6. The van der Waals surface area contributed by atoms with E-state index in [1.54, 1.807) is 0 Å². The van der Waals surface area contributed by atoms with Gasteiger partial charge in [0.05, 0.1) is 13.0 Å². The Hall–Kier alpha value is -2.37. The number of unbranched alkanes of at least 4 members (excludes halogenated alkanes) is 5. The van der Waals surface area contributed by atoms with Crippen molar-refractivity contribution in [2.45, 2.75) is 91.1 Å². The van der Waals surface area contributed by atoms with Gasteiger partial charge in [0.25, 0.3) is 0 Å². The molecule has 0 heterocycles. The monoisotopic (exact) mass is 434 g/mol. The number of rotatable bonds is 16. The minimum Gasteiger partial charge on any atom is -0.466 e. The van der Waals surface area contributed by atoms with Gasteiger partial charge in [0, 0.05) is 13.8 Å². The summed E-state index contributed by atoms with van der Waals surface area (Å²) in [5.41, 5.74) is 2.24. The van der Waals surface area contributed by atoms with Crippen molar-refractivity contribution in [3.05, 3.63) is 35.4 Å². The molecule has 0 N–H and O–H groups in total. The third-order valence-electron chi connectivity index (χ3n) is 4.96. The summed E-state index contributed by atoms with van der Waals surface area (Å²) in [5.74, 6) is -1.17. The average molecular weight is 435 g/mol. The molecule has 31 heavy (non-hydrogen) atoms. The van der Waals surface area contributed by atoms with Crippen molar-refractivity contribution in [2.75, 3.05) is 13.2 Å². The molecule has 0 aromatic heterocycles. The lowest BCUT2D eigenvalue weighted by Crippen LogP contribution is -2.13. The molecular formula is C25H38O6. The molecule has 0 aliphatic carbocycles. The van der Waals surface area contributed by atoms with Gasteiger partial charge in [-0.25, -0.2) is 0 Å². The summed E-state index contributed by atoms with van der Waals surface area (Å²) in [4.78, 5) is 33.8. The van der Waals surface area contributed by atoms with Crippen LogP contribution in [-0.4, -0.2) is 31.1 Å². The SMILES string of the molecule is CCCCCCCCc1ccc(C(CCCOC(=O)CCOC(C)=O)OC(C)=O)cc1. The van der Waals surface area contributed by atoms with E-state index in [-0.39, 0.29) is 31.7 Å². The first kappa shape index (κ1) is 26.7. The van der Waals surface area contributed by atoms with Crippen LogP contribution in [0.3, 0.4) is 0 Å². The van der Waals surface area contributed by atoms with Crippen LogP contribution in [0.2, 0.25) is 0 Å². The Labute approximate surface area is 186 Å². The Balaban J connectivity index is 2.40. The lowest BCUT2D eigenvalue weighted by atomic mass is 10.00. The van der Waals surface area contributed by atoms with Crippen molar-refractivity contribution >= 4 is 17.9 Å². The van der Waals surface area contributed by atoms with Gasteiger partial charge in [-0.1, -0.05) is 63.3 Å². The fourth-order valence-electron chi connectivity index (χ4n) is 3.31. The summed E-state index contributed by atoms with van der Waals surface area (Å²) >= 11 is 0. The van der Waals surface area contributed by atoms with Gasteiger partial charge in [0.15, 0.2) is 0 Å².